The SMILES string of the molecule is CC(=O)c1c(C2CCN(C(=O)[C@@H](C)O)CC2)nc2c(-c3cnc(-n4cncn4)cc3C)cnn2c1N. The molecular weight excluding hydrogens is 462 g/mol. The minimum absolute atomic E-state index is 0.0640. The molecule has 1 fully saturated rings. The van der Waals surface area contributed by atoms with Crippen LogP contribution in [0.2, 0.25) is 0 Å². The van der Waals surface area contributed by atoms with Crippen molar-refractivity contribution in [2.45, 2.75) is 45.6 Å². The number of Topliss-reactive ketones (excluding diaryl/α,β-unsaturated/α-hetero) is 1. The molecule has 0 bridgehead atoms. The van der Waals surface area contributed by atoms with E-state index < -0.39 is 6.10 Å². The van der Waals surface area contributed by atoms with E-state index >= 15 is 0 Å². The van der Waals surface area contributed by atoms with Crippen molar-refractivity contribution in [1.29, 1.82) is 0 Å². The van der Waals surface area contributed by atoms with E-state index in [0.717, 1.165) is 16.7 Å². The number of nitrogen functional groups attached to an aromatic ring is 1. The summed E-state index contributed by atoms with van der Waals surface area (Å²) >= 11 is 0. The van der Waals surface area contributed by atoms with E-state index in [1.165, 1.54) is 24.7 Å². The van der Waals surface area contributed by atoms with Gasteiger partial charge in [0, 0.05) is 36.3 Å². The van der Waals surface area contributed by atoms with Crippen molar-refractivity contribution in [1.82, 2.24) is 39.2 Å². The number of hydrogen-bond acceptors (Lipinski definition) is 9. The van der Waals surface area contributed by atoms with Gasteiger partial charge in [-0.25, -0.2) is 19.6 Å². The van der Waals surface area contributed by atoms with Crippen molar-refractivity contribution in [3.05, 3.63) is 47.9 Å². The Hall–Kier alpha value is -4.19. The molecular formula is C24H27N9O3. The van der Waals surface area contributed by atoms with Gasteiger partial charge in [-0.3, -0.25) is 9.59 Å². The first kappa shape index (κ1) is 23.5. The standard InChI is InChI=1S/C24H27N9O3/c1-13-8-19(32-12-26-11-29-32)27-9-17(13)18-10-28-33-22(25)20(14(2)34)21(30-23(18)33)16-4-6-31(7-5-16)24(36)15(3)35/h8-12,15-16,35H,4-7,25H2,1-3H3/t15-/m1/s1. The molecule has 1 amide bonds. The van der Waals surface area contributed by atoms with Gasteiger partial charge < -0.3 is 15.7 Å². The Morgan fingerprint density at radius 1 is 1.17 bits per heavy atom. The number of carbonyl (C=O) groups is 2. The van der Waals surface area contributed by atoms with Crippen LogP contribution in [0, 0.1) is 6.92 Å². The Balaban J connectivity index is 1.56. The third-order valence-corrected chi connectivity index (χ3v) is 6.65. The summed E-state index contributed by atoms with van der Waals surface area (Å²) in [6.07, 6.45) is 6.61. The van der Waals surface area contributed by atoms with Crippen LogP contribution < -0.4 is 5.73 Å². The van der Waals surface area contributed by atoms with Gasteiger partial charge in [0.05, 0.1) is 17.5 Å². The zero-order valence-corrected chi connectivity index (χ0v) is 20.3. The van der Waals surface area contributed by atoms with Gasteiger partial charge in [0.15, 0.2) is 17.2 Å². The minimum atomic E-state index is -1.04. The molecule has 1 aliphatic rings. The predicted octanol–water partition coefficient (Wildman–Crippen LogP) is 1.55. The van der Waals surface area contributed by atoms with E-state index in [9.17, 15) is 14.7 Å². The number of amides is 1. The summed E-state index contributed by atoms with van der Waals surface area (Å²) in [6.45, 7) is 5.84. The number of piperidine rings is 1. The lowest BCUT2D eigenvalue weighted by molar-refractivity contribution is -0.140. The van der Waals surface area contributed by atoms with Gasteiger partial charge >= 0.3 is 0 Å². The summed E-state index contributed by atoms with van der Waals surface area (Å²) in [4.78, 5) is 39.9. The number of pyridine rings is 1. The van der Waals surface area contributed by atoms with Crippen molar-refractivity contribution in [3.8, 4) is 16.9 Å². The van der Waals surface area contributed by atoms with Gasteiger partial charge in [-0.15, -0.1) is 0 Å². The number of rotatable bonds is 5. The molecule has 0 aliphatic carbocycles. The summed E-state index contributed by atoms with van der Waals surface area (Å²) in [5.41, 5.74) is 10.5. The Kier molecular flexibility index (Phi) is 5.96. The Labute approximate surface area is 206 Å². The number of aliphatic hydroxyl groups excluding tert-OH is 1. The van der Waals surface area contributed by atoms with E-state index in [1.54, 1.807) is 28.3 Å². The van der Waals surface area contributed by atoms with E-state index in [-0.39, 0.29) is 23.4 Å². The van der Waals surface area contributed by atoms with E-state index in [2.05, 4.69) is 20.2 Å². The number of nitrogens with two attached hydrogens (primary N) is 1. The van der Waals surface area contributed by atoms with Crippen molar-refractivity contribution in [2.75, 3.05) is 18.8 Å². The van der Waals surface area contributed by atoms with Gasteiger partial charge in [-0.05, 0) is 45.2 Å². The molecule has 0 spiro atoms. The normalized spacial score (nSPS) is 15.4. The number of aryl methyl sites for hydroxylation is 1. The largest absolute Gasteiger partial charge is 0.384 e. The van der Waals surface area contributed by atoms with Crippen molar-refractivity contribution >= 4 is 23.2 Å². The number of nitrogens with zero attached hydrogens (tertiary/aromatic N) is 8. The molecule has 36 heavy (non-hydrogen) atoms. The molecule has 5 rings (SSSR count). The fraction of sp³-hybridized carbons (Fsp3) is 0.375. The molecule has 0 unspecified atom stereocenters. The van der Waals surface area contributed by atoms with Gasteiger partial charge in [-0.1, -0.05) is 0 Å². The molecule has 12 heteroatoms. The highest BCUT2D eigenvalue weighted by Crippen LogP contribution is 2.35. The number of ketones is 1. The first-order valence-corrected chi connectivity index (χ1v) is 11.7. The van der Waals surface area contributed by atoms with Crippen LogP contribution in [0.1, 0.15) is 54.2 Å². The van der Waals surface area contributed by atoms with Gasteiger partial charge in [0.2, 0.25) is 0 Å². The number of carbonyl (C=O) groups excluding carboxylic acids is 2. The third kappa shape index (κ3) is 3.98. The van der Waals surface area contributed by atoms with Crippen LogP contribution in [0.3, 0.4) is 0 Å². The second-order valence-electron chi connectivity index (χ2n) is 9.08. The maximum atomic E-state index is 12.6. The second kappa shape index (κ2) is 9.11. The summed E-state index contributed by atoms with van der Waals surface area (Å²) in [5, 5.41) is 18.2. The molecule has 186 valence electrons. The molecule has 0 saturated carbocycles. The van der Waals surface area contributed by atoms with E-state index in [0.29, 0.717) is 48.7 Å². The highest BCUT2D eigenvalue weighted by Gasteiger charge is 2.31. The highest BCUT2D eigenvalue weighted by molar-refractivity contribution is 6.00. The van der Waals surface area contributed by atoms with Crippen LogP contribution in [0.15, 0.2) is 31.1 Å². The van der Waals surface area contributed by atoms with Crippen LogP contribution in [-0.4, -0.2) is 75.2 Å². The average molecular weight is 490 g/mol. The zero-order valence-electron chi connectivity index (χ0n) is 20.3. The maximum absolute atomic E-state index is 12.6. The first-order chi connectivity index (χ1) is 17.3. The molecule has 3 N–H and O–H groups in total. The maximum Gasteiger partial charge on any atom is 0.251 e. The molecule has 1 saturated heterocycles. The summed E-state index contributed by atoms with van der Waals surface area (Å²) in [6, 6.07) is 1.90. The van der Waals surface area contributed by atoms with Crippen LogP contribution in [0.5, 0.6) is 0 Å². The predicted molar refractivity (Wildman–Crippen MR) is 131 cm³/mol. The number of aliphatic hydroxyl groups is 1. The first-order valence-electron chi connectivity index (χ1n) is 11.7. The van der Waals surface area contributed by atoms with E-state index in [4.69, 9.17) is 10.7 Å². The fourth-order valence-electron chi connectivity index (χ4n) is 4.79. The average Bonchev–Trinajstić information content (AvgIpc) is 3.54. The van der Waals surface area contributed by atoms with Gasteiger partial charge in [0.25, 0.3) is 5.91 Å². The van der Waals surface area contributed by atoms with Crippen molar-refractivity contribution in [3.63, 3.8) is 0 Å². The lowest BCUT2D eigenvalue weighted by Gasteiger charge is -2.33. The summed E-state index contributed by atoms with van der Waals surface area (Å²) < 4.78 is 3.07. The van der Waals surface area contributed by atoms with Crippen LogP contribution >= 0.6 is 0 Å². The number of fused-ring (bicyclic) bond motifs is 1. The second-order valence-corrected chi connectivity index (χ2v) is 9.08. The number of hydrogen-bond donors (Lipinski definition) is 2. The Bertz CT molecular complexity index is 1450. The number of likely N-dealkylation sites (tertiary alicyclic amines) is 1. The zero-order chi connectivity index (χ0) is 25.6. The molecule has 4 aromatic heterocycles. The topological polar surface area (TPSA) is 157 Å². The van der Waals surface area contributed by atoms with Crippen molar-refractivity contribution < 1.29 is 14.7 Å². The van der Waals surface area contributed by atoms with Crippen molar-refractivity contribution in [2.24, 2.45) is 0 Å². The quantitative estimate of drug-likeness (QED) is 0.397. The lowest BCUT2D eigenvalue weighted by Crippen LogP contribution is -2.42. The Morgan fingerprint density at radius 2 is 1.92 bits per heavy atom. The molecule has 5 heterocycles. The van der Waals surface area contributed by atoms with Gasteiger partial charge in [0.1, 0.15) is 24.6 Å². The minimum Gasteiger partial charge on any atom is -0.384 e. The molecule has 1 aliphatic heterocycles. The molecule has 0 radical (unpaired) electrons. The molecule has 4 aromatic rings. The van der Waals surface area contributed by atoms with E-state index in [1.807, 2.05) is 13.0 Å². The Morgan fingerprint density at radius 3 is 2.53 bits per heavy atom. The van der Waals surface area contributed by atoms with Crippen LogP contribution in [0.25, 0.3) is 22.6 Å². The highest BCUT2D eigenvalue weighted by atomic mass is 16.3. The molecule has 12 nitrogen and oxygen atoms in total. The lowest BCUT2D eigenvalue weighted by atomic mass is 9.89. The smallest absolute Gasteiger partial charge is 0.251 e. The number of aromatic nitrogens is 7. The summed E-state index contributed by atoms with van der Waals surface area (Å²) in [7, 11) is 0. The fourth-order valence-corrected chi connectivity index (χ4v) is 4.79. The monoisotopic (exact) mass is 489 g/mol. The molecule has 0 aromatic carbocycles. The van der Waals surface area contributed by atoms with Gasteiger partial charge in [-0.2, -0.15) is 14.7 Å². The third-order valence-electron chi connectivity index (χ3n) is 6.65. The molecule has 1 atom stereocenters. The van der Waals surface area contributed by atoms with Crippen LogP contribution in [-0.2, 0) is 4.79 Å². The number of anilines is 1. The summed E-state index contributed by atoms with van der Waals surface area (Å²) in [5.74, 6) is 0.327. The van der Waals surface area contributed by atoms with Crippen LogP contribution in [0.4, 0.5) is 5.82 Å².